The van der Waals surface area contributed by atoms with Crippen molar-refractivity contribution in [3.63, 3.8) is 0 Å². The van der Waals surface area contributed by atoms with Gasteiger partial charge in [-0.05, 0) is 50.5 Å². The summed E-state index contributed by atoms with van der Waals surface area (Å²) in [6.45, 7) is 4.42. The van der Waals surface area contributed by atoms with Gasteiger partial charge in [-0.25, -0.2) is 23.7 Å². The minimum atomic E-state index is -0.658. The van der Waals surface area contributed by atoms with Gasteiger partial charge in [0.15, 0.2) is 5.65 Å². The van der Waals surface area contributed by atoms with E-state index in [0.717, 1.165) is 29.3 Å². The summed E-state index contributed by atoms with van der Waals surface area (Å²) in [6, 6.07) is 5.47. The Labute approximate surface area is 184 Å². The molecule has 32 heavy (non-hydrogen) atoms. The van der Waals surface area contributed by atoms with Crippen LogP contribution in [0.2, 0.25) is 0 Å². The smallest absolute Gasteiger partial charge is 0.163 e. The highest BCUT2D eigenvalue weighted by molar-refractivity contribution is 5.91. The maximum absolute atomic E-state index is 14.8. The molecule has 8 heteroatoms. The second-order valence-electron chi connectivity index (χ2n) is 8.34. The maximum Gasteiger partial charge on any atom is 0.163 e. The Morgan fingerprint density at radius 2 is 1.94 bits per heavy atom. The van der Waals surface area contributed by atoms with Crippen molar-refractivity contribution in [1.29, 1.82) is 0 Å². The first kappa shape index (κ1) is 20.6. The molecule has 3 aromatic heterocycles. The molecule has 0 saturated carbocycles. The second kappa shape index (κ2) is 8.02. The number of nitrogens with zero attached hydrogens (tertiary/aromatic N) is 5. The number of benzene rings is 1. The van der Waals surface area contributed by atoms with Crippen LogP contribution in [-0.4, -0.2) is 31.3 Å². The number of aromatic nitrogens is 5. The Hall–Kier alpha value is -3.26. The van der Waals surface area contributed by atoms with Crippen molar-refractivity contribution in [3.05, 3.63) is 70.9 Å². The van der Waals surface area contributed by atoms with E-state index in [0.29, 0.717) is 35.6 Å². The number of hydrogen-bond donors (Lipinski definition) is 0. The molecule has 6 nitrogen and oxygen atoms in total. The Morgan fingerprint density at radius 3 is 2.69 bits per heavy atom. The highest BCUT2D eigenvalue weighted by atomic mass is 19.1. The van der Waals surface area contributed by atoms with Crippen LogP contribution in [0.1, 0.15) is 47.5 Å². The summed E-state index contributed by atoms with van der Waals surface area (Å²) in [5.74, 6) is -0.665. The maximum atomic E-state index is 14.8. The van der Waals surface area contributed by atoms with Crippen LogP contribution in [0.5, 0.6) is 0 Å². The fraction of sp³-hybridized carbons (Fsp3) is 0.333. The first-order valence-corrected chi connectivity index (χ1v) is 10.6. The lowest BCUT2D eigenvalue weighted by Crippen LogP contribution is -2.20. The average molecular weight is 435 g/mol. The summed E-state index contributed by atoms with van der Waals surface area (Å²) in [7, 11) is 1.87. The summed E-state index contributed by atoms with van der Waals surface area (Å²) in [6.07, 6.45) is 5.08. The van der Waals surface area contributed by atoms with Gasteiger partial charge in [-0.1, -0.05) is 0 Å². The lowest BCUT2D eigenvalue weighted by molar-refractivity contribution is 0.00398. The normalized spacial score (nSPS) is 18.9. The molecule has 0 unspecified atom stereocenters. The predicted molar refractivity (Wildman–Crippen MR) is 116 cm³/mol. The van der Waals surface area contributed by atoms with Gasteiger partial charge in [0.05, 0.1) is 18.0 Å². The summed E-state index contributed by atoms with van der Waals surface area (Å²) in [4.78, 5) is 14.2. The van der Waals surface area contributed by atoms with E-state index in [-0.39, 0.29) is 17.6 Å². The quantitative estimate of drug-likeness (QED) is 0.455. The Bertz CT molecular complexity index is 1320. The monoisotopic (exact) mass is 435 g/mol. The SMILES string of the molecule is Cc1cc2c(-c3ccc(F)cc3F)nc([C@@H]3CCO[C@H](c4cnn(C)c4)C3)nc2nc1C. The molecule has 1 fully saturated rings. The van der Waals surface area contributed by atoms with Gasteiger partial charge in [0, 0.05) is 54.0 Å². The van der Waals surface area contributed by atoms with Crippen LogP contribution in [0.25, 0.3) is 22.3 Å². The molecular formula is C24H23F2N5O. The third-order valence-electron chi connectivity index (χ3n) is 6.08. The molecular weight excluding hydrogens is 412 g/mol. The molecule has 1 aliphatic rings. The topological polar surface area (TPSA) is 65.7 Å². The van der Waals surface area contributed by atoms with Crippen molar-refractivity contribution in [3.8, 4) is 11.3 Å². The molecule has 164 valence electrons. The molecule has 0 aliphatic carbocycles. The van der Waals surface area contributed by atoms with Gasteiger partial charge >= 0.3 is 0 Å². The third-order valence-corrected chi connectivity index (χ3v) is 6.08. The van der Waals surface area contributed by atoms with Gasteiger partial charge < -0.3 is 4.74 Å². The largest absolute Gasteiger partial charge is 0.373 e. The van der Waals surface area contributed by atoms with Crippen LogP contribution in [0.15, 0.2) is 36.7 Å². The van der Waals surface area contributed by atoms with Crippen molar-refractivity contribution in [2.24, 2.45) is 7.05 Å². The molecule has 0 spiro atoms. The van der Waals surface area contributed by atoms with Gasteiger partial charge in [-0.2, -0.15) is 5.10 Å². The minimum Gasteiger partial charge on any atom is -0.373 e. The fourth-order valence-electron chi connectivity index (χ4n) is 4.20. The van der Waals surface area contributed by atoms with Crippen LogP contribution in [-0.2, 0) is 11.8 Å². The summed E-state index contributed by atoms with van der Waals surface area (Å²) < 4.78 is 36.0. The fourth-order valence-corrected chi connectivity index (χ4v) is 4.20. The van der Waals surface area contributed by atoms with Crippen LogP contribution >= 0.6 is 0 Å². The average Bonchev–Trinajstić information content (AvgIpc) is 3.21. The van der Waals surface area contributed by atoms with Crippen LogP contribution in [0.4, 0.5) is 8.78 Å². The molecule has 0 amide bonds. The first-order chi connectivity index (χ1) is 15.4. The minimum absolute atomic E-state index is 0.0176. The van der Waals surface area contributed by atoms with E-state index in [1.807, 2.05) is 33.2 Å². The molecule has 4 aromatic rings. The van der Waals surface area contributed by atoms with E-state index in [9.17, 15) is 8.78 Å². The summed E-state index contributed by atoms with van der Waals surface area (Å²) >= 11 is 0. The number of hydrogen-bond acceptors (Lipinski definition) is 5. The van der Waals surface area contributed by atoms with E-state index in [1.54, 1.807) is 10.9 Å². The lowest BCUT2D eigenvalue weighted by atomic mass is 9.92. The van der Waals surface area contributed by atoms with Crippen LogP contribution in [0, 0.1) is 25.5 Å². The number of aryl methyl sites for hydroxylation is 3. The van der Waals surface area contributed by atoms with E-state index in [4.69, 9.17) is 14.7 Å². The van der Waals surface area contributed by atoms with Gasteiger partial charge in [-0.15, -0.1) is 0 Å². The number of pyridine rings is 1. The summed E-state index contributed by atoms with van der Waals surface area (Å²) in [5.41, 5.74) is 4.00. The van der Waals surface area contributed by atoms with Crippen molar-refractivity contribution < 1.29 is 13.5 Å². The van der Waals surface area contributed by atoms with E-state index < -0.39 is 11.6 Å². The number of fused-ring (bicyclic) bond motifs is 1. The standard InChI is InChI=1S/C24H23F2N5O/c1-13-8-19-22(18-5-4-17(25)10-20(18)26)29-23(30-24(19)28-14(13)2)15-6-7-32-21(9-15)16-11-27-31(3)12-16/h4-5,8,10-12,15,21H,6-7,9H2,1-3H3/t15-,21+/m1/s1. The van der Waals surface area contributed by atoms with Gasteiger partial charge in [0.1, 0.15) is 17.5 Å². The van der Waals surface area contributed by atoms with Crippen molar-refractivity contribution >= 4 is 11.0 Å². The van der Waals surface area contributed by atoms with Crippen LogP contribution < -0.4 is 0 Å². The molecule has 0 N–H and O–H groups in total. The Morgan fingerprint density at radius 1 is 1.09 bits per heavy atom. The number of halogens is 2. The second-order valence-corrected chi connectivity index (χ2v) is 8.34. The van der Waals surface area contributed by atoms with E-state index in [1.165, 1.54) is 12.1 Å². The third kappa shape index (κ3) is 3.75. The Balaban J connectivity index is 1.62. The number of ether oxygens (including phenoxy) is 1. The van der Waals surface area contributed by atoms with Gasteiger partial charge in [0.2, 0.25) is 0 Å². The van der Waals surface area contributed by atoms with Crippen molar-refractivity contribution in [2.45, 2.75) is 38.7 Å². The van der Waals surface area contributed by atoms with E-state index in [2.05, 4.69) is 10.1 Å². The molecule has 5 rings (SSSR count). The van der Waals surface area contributed by atoms with Gasteiger partial charge in [0.25, 0.3) is 0 Å². The van der Waals surface area contributed by atoms with E-state index >= 15 is 0 Å². The van der Waals surface area contributed by atoms with Gasteiger partial charge in [-0.3, -0.25) is 4.68 Å². The Kier molecular flexibility index (Phi) is 5.17. The van der Waals surface area contributed by atoms with Crippen LogP contribution in [0.3, 0.4) is 0 Å². The first-order valence-electron chi connectivity index (χ1n) is 10.6. The predicted octanol–water partition coefficient (Wildman–Crippen LogP) is 4.96. The molecule has 1 saturated heterocycles. The highest BCUT2D eigenvalue weighted by Crippen LogP contribution is 2.38. The zero-order valence-electron chi connectivity index (χ0n) is 18.1. The highest BCUT2D eigenvalue weighted by Gasteiger charge is 2.29. The molecule has 1 aromatic carbocycles. The number of rotatable bonds is 3. The van der Waals surface area contributed by atoms with Crippen molar-refractivity contribution in [2.75, 3.05) is 6.61 Å². The molecule has 0 radical (unpaired) electrons. The summed E-state index contributed by atoms with van der Waals surface area (Å²) in [5, 5.41) is 4.89. The molecule has 4 heterocycles. The zero-order chi connectivity index (χ0) is 22.4. The van der Waals surface area contributed by atoms with Crippen molar-refractivity contribution in [1.82, 2.24) is 24.7 Å². The zero-order valence-corrected chi connectivity index (χ0v) is 18.1. The molecule has 2 atom stereocenters. The molecule has 0 bridgehead atoms. The molecule has 1 aliphatic heterocycles. The lowest BCUT2D eigenvalue weighted by Gasteiger charge is -2.28.